The van der Waals surface area contributed by atoms with E-state index in [4.69, 9.17) is 11.6 Å². The van der Waals surface area contributed by atoms with Gasteiger partial charge in [-0.1, -0.05) is 18.5 Å². The number of anilines is 1. The fourth-order valence-corrected chi connectivity index (χ4v) is 1.00. The van der Waals surface area contributed by atoms with Crippen molar-refractivity contribution >= 4 is 23.2 Å². The van der Waals surface area contributed by atoms with Gasteiger partial charge in [-0.25, -0.2) is 0 Å². The van der Waals surface area contributed by atoms with E-state index in [1.165, 1.54) is 0 Å². The van der Waals surface area contributed by atoms with E-state index in [0.717, 1.165) is 0 Å². The SMILES string of the molecule is CCC(=O)N(O)c1ccc(Cl)cc1. The van der Waals surface area contributed by atoms with Crippen LogP contribution in [0.5, 0.6) is 0 Å². The second-order valence-corrected chi connectivity index (χ2v) is 2.97. The number of carbonyl (C=O) groups excluding carboxylic acids is 1. The standard InChI is InChI=1S/C9H10ClNO2/c1-2-9(12)11(13)8-5-3-7(10)4-6-8/h3-6,13H,2H2,1H3. The summed E-state index contributed by atoms with van der Waals surface area (Å²) in [4.78, 5) is 11.0. The molecule has 70 valence electrons. The van der Waals surface area contributed by atoms with Crippen LogP contribution in [0.1, 0.15) is 13.3 Å². The predicted molar refractivity (Wildman–Crippen MR) is 51.0 cm³/mol. The monoisotopic (exact) mass is 199 g/mol. The molecule has 0 aliphatic heterocycles. The number of hydrogen-bond donors (Lipinski definition) is 1. The van der Waals surface area contributed by atoms with Crippen LogP contribution in [0.25, 0.3) is 0 Å². The molecule has 0 aliphatic carbocycles. The fraction of sp³-hybridized carbons (Fsp3) is 0.222. The Hall–Kier alpha value is -1.06. The number of benzene rings is 1. The smallest absolute Gasteiger partial charge is 0.250 e. The molecule has 0 bridgehead atoms. The Bertz CT molecular complexity index is 297. The van der Waals surface area contributed by atoms with Crippen molar-refractivity contribution in [3.63, 3.8) is 0 Å². The van der Waals surface area contributed by atoms with E-state index in [1.807, 2.05) is 0 Å². The number of rotatable bonds is 2. The van der Waals surface area contributed by atoms with Crippen LogP contribution in [0.15, 0.2) is 24.3 Å². The average molecular weight is 200 g/mol. The summed E-state index contributed by atoms with van der Waals surface area (Å²) >= 11 is 5.64. The number of halogens is 1. The van der Waals surface area contributed by atoms with E-state index >= 15 is 0 Å². The van der Waals surface area contributed by atoms with Gasteiger partial charge in [-0.2, -0.15) is 5.06 Å². The van der Waals surface area contributed by atoms with Crippen molar-refractivity contribution in [2.45, 2.75) is 13.3 Å². The van der Waals surface area contributed by atoms with Crippen LogP contribution in [-0.4, -0.2) is 11.1 Å². The molecule has 1 rings (SSSR count). The Labute approximate surface area is 81.5 Å². The Morgan fingerprint density at radius 1 is 1.46 bits per heavy atom. The molecule has 0 atom stereocenters. The molecule has 0 aliphatic rings. The van der Waals surface area contributed by atoms with Gasteiger partial charge in [0.15, 0.2) is 0 Å². The van der Waals surface area contributed by atoms with Gasteiger partial charge in [0.05, 0.1) is 5.69 Å². The molecule has 1 amide bonds. The minimum Gasteiger partial charge on any atom is -0.281 e. The molecule has 13 heavy (non-hydrogen) atoms. The molecule has 0 radical (unpaired) electrons. The zero-order valence-electron chi connectivity index (χ0n) is 7.20. The predicted octanol–water partition coefficient (Wildman–Crippen LogP) is 2.47. The van der Waals surface area contributed by atoms with Crippen molar-refractivity contribution in [3.05, 3.63) is 29.3 Å². The van der Waals surface area contributed by atoms with Gasteiger partial charge in [0.25, 0.3) is 0 Å². The summed E-state index contributed by atoms with van der Waals surface area (Å²) in [6.07, 6.45) is 0.263. The lowest BCUT2D eigenvalue weighted by molar-refractivity contribution is -0.123. The third kappa shape index (κ3) is 2.44. The Morgan fingerprint density at radius 2 is 2.00 bits per heavy atom. The van der Waals surface area contributed by atoms with Gasteiger partial charge in [-0.3, -0.25) is 10.0 Å². The van der Waals surface area contributed by atoms with Gasteiger partial charge in [0.2, 0.25) is 5.91 Å². The molecule has 0 unspecified atom stereocenters. The first-order valence-electron chi connectivity index (χ1n) is 3.92. The first-order valence-corrected chi connectivity index (χ1v) is 4.30. The first-order chi connectivity index (χ1) is 6.15. The normalized spacial score (nSPS) is 9.77. The highest BCUT2D eigenvalue weighted by molar-refractivity contribution is 6.30. The molecule has 1 N–H and O–H groups in total. The van der Waals surface area contributed by atoms with Crippen LogP contribution in [0.4, 0.5) is 5.69 Å². The van der Waals surface area contributed by atoms with Crippen molar-refractivity contribution in [1.29, 1.82) is 0 Å². The van der Waals surface area contributed by atoms with Crippen molar-refractivity contribution < 1.29 is 10.0 Å². The summed E-state index contributed by atoms with van der Waals surface area (Å²) in [6.45, 7) is 1.68. The quantitative estimate of drug-likeness (QED) is 0.587. The van der Waals surface area contributed by atoms with E-state index < -0.39 is 0 Å². The summed E-state index contributed by atoms with van der Waals surface area (Å²) in [5.74, 6) is -0.345. The van der Waals surface area contributed by atoms with Crippen LogP contribution >= 0.6 is 11.6 Å². The number of hydrogen-bond acceptors (Lipinski definition) is 2. The molecular weight excluding hydrogens is 190 g/mol. The van der Waals surface area contributed by atoms with Crippen molar-refractivity contribution in [2.24, 2.45) is 0 Å². The maximum absolute atomic E-state index is 11.0. The Kier molecular flexibility index (Phi) is 3.28. The maximum Gasteiger partial charge on any atom is 0.250 e. The van der Waals surface area contributed by atoms with Crippen LogP contribution < -0.4 is 5.06 Å². The first kappa shape index (κ1) is 10.0. The van der Waals surface area contributed by atoms with Gasteiger partial charge in [0, 0.05) is 11.4 Å². The average Bonchev–Trinajstić information content (AvgIpc) is 2.17. The minimum atomic E-state index is -0.345. The zero-order chi connectivity index (χ0) is 9.84. The van der Waals surface area contributed by atoms with Crippen molar-refractivity contribution in [3.8, 4) is 0 Å². The van der Waals surface area contributed by atoms with Gasteiger partial charge >= 0.3 is 0 Å². The highest BCUT2D eigenvalue weighted by Gasteiger charge is 2.09. The molecule has 1 aromatic carbocycles. The number of hydroxylamine groups is 1. The second-order valence-electron chi connectivity index (χ2n) is 2.54. The summed E-state index contributed by atoms with van der Waals surface area (Å²) in [5, 5.41) is 10.5. The molecule has 3 nitrogen and oxygen atoms in total. The summed E-state index contributed by atoms with van der Waals surface area (Å²) in [6, 6.07) is 6.39. The largest absolute Gasteiger partial charge is 0.281 e. The highest BCUT2D eigenvalue weighted by atomic mass is 35.5. The van der Waals surface area contributed by atoms with Crippen LogP contribution in [0, 0.1) is 0 Å². The molecule has 0 aromatic heterocycles. The maximum atomic E-state index is 11.0. The lowest BCUT2D eigenvalue weighted by Gasteiger charge is -2.13. The second kappa shape index (κ2) is 4.25. The van der Waals surface area contributed by atoms with Gasteiger partial charge < -0.3 is 0 Å². The van der Waals surface area contributed by atoms with E-state index in [9.17, 15) is 10.0 Å². The minimum absolute atomic E-state index is 0.263. The van der Waals surface area contributed by atoms with E-state index in [-0.39, 0.29) is 12.3 Å². The lowest BCUT2D eigenvalue weighted by atomic mass is 10.3. The fourth-order valence-electron chi connectivity index (χ4n) is 0.876. The van der Waals surface area contributed by atoms with Crippen molar-refractivity contribution in [2.75, 3.05) is 5.06 Å². The van der Waals surface area contributed by atoms with Gasteiger partial charge in [-0.05, 0) is 24.3 Å². The topological polar surface area (TPSA) is 40.5 Å². The third-order valence-electron chi connectivity index (χ3n) is 1.61. The zero-order valence-corrected chi connectivity index (χ0v) is 7.95. The summed E-state index contributed by atoms with van der Waals surface area (Å²) in [7, 11) is 0. The van der Waals surface area contributed by atoms with Crippen LogP contribution in [0.2, 0.25) is 5.02 Å². The molecular formula is C9H10ClNO2. The van der Waals surface area contributed by atoms with E-state index in [2.05, 4.69) is 0 Å². The Morgan fingerprint density at radius 3 is 2.46 bits per heavy atom. The molecule has 0 saturated heterocycles. The van der Waals surface area contributed by atoms with Crippen LogP contribution in [0.3, 0.4) is 0 Å². The van der Waals surface area contributed by atoms with E-state index in [0.29, 0.717) is 15.8 Å². The molecule has 0 fully saturated rings. The number of nitrogens with zero attached hydrogens (tertiary/aromatic N) is 1. The van der Waals surface area contributed by atoms with E-state index in [1.54, 1.807) is 31.2 Å². The van der Waals surface area contributed by atoms with Gasteiger partial charge in [-0.15, -0.1) is 0 Å². The van der Waals surface area contributed by atoms with Crippen molar-refractivity contribution in [1.82, 2.24) is 0 Å². The molecule has 0 saturated carbocycles. The molecule has 0 spiro atoms. The molecule has 1 aromatic rings. The highest BCUT2D eigenvalue weighted by Crippen LogP contribution is 2.16. The van der Waals surface area contributed by atoms with Gasteiger partial charge in [0.1, 0.15) is 0 Å². The van der Waals surface area contributed by atoms with Crippen LogP contribution in [-0.2, 0) is 4.79 Å². The summed E-state index contributed by atoms with van der Waals surface area (Å²) < 4.78 is 0. The number of carbonyl (C=O) groups is 1. The third-order valence-corrected chi connectivity index (χ3v) is 1.86. The Balaban J connectivity index is 2.83. The lowest BCUT2D eigenvalue weighted by Crippen LogP contribution is -2.25. The molecule has 4 heteroatoms. The summed E-state index contributed by atoms with van der Waals surface area (Å²) in [5.41, 5.74) is 0.427. The number of amides is 1. The molecule has 0 heterocycles.